The van der Waals surface area contributed by atoms with Crippen LogP contribution in [0.25, 0.3) is 26.8 Å². The predicted molar refractivity (Wildman–Crippen MR) is 302 cm³/mol. The largest absolute Gasteiger partial charge is 0.460 e. The van der Waals surface area contributed by atoms with Crippen LogP contribution < -0.4 is 15.0 Å². The summed E-state index contributed by atoms with van der Waals surface area (Å²) in [5, 5.41) is 6.31. The Morgan fingerprint density at radius 2 is 1.68 bits per heavy atom. The Morgan fingerprint density at radius 3 is 2.32 bits per heavy atom. The first-order valence-electron chi connectivity index (χ1n) is 25.8. The van der Waals surface area contributed by atoms with Crippen LogP contribution in [0.3, 0.4) is 0 Å². The Hall–Kier alpha value is -4.74. The number of para-hydroxylation sites is 1. The van der Waals surface area contributed by atoms with Crippen molar-refractivity contribution in [3.05, 3.63) is 161 Å². The van der Waals surface area contributed by atoms with Crippen molar-refractivity contribution >= 4 is 55.8 Å². The highest BCUT2D eigenvalue weighted by molar-refractivity contribution is 7.28. The van der Waals surface area contributed by atoms with Gasteiger partial charge in [-0.2, -0.15) is 0 Å². The molecule has 0 saturated heterocycles. The maximum absolute atomic E-state index is 7.03. The molecule has 2 aromatic carbocycles. The van der Waals surface area contributed by atoms with Crippen LogP contribution in [0.1, 0.15) is 170 Å². The zero-order valence-electron chi connectivity index (χ0n) is 44.4. The van der Waals surface area contributed by atoms with Crippen LogP contribution in [0.15, 0.2) is 137 Å². The number of anilines is 1. The molecule has 3 nitrogen and oxygen atoms in total. The SMILES string of the molecule is C=C/C=C(\C=C\NC1C=C(C(C)(C)C)C(C(C)C)=CC1)N(C1=CCCc2oc3c(C(C)(C)C)cccc3c21)c1c([B]/C=C/C=C(\C=C)C(C)CCCC)sc2cc3c(cc12)C(C)(C)CCC3(C)C. The summed E-state index contributed by atoms with van der Waals surface area (Å²) < 4.78 is 9.55. The number of benzene rings is 2. The number of hydrogen-bond donors (Lipinski definition) is 1. The third kappa shape index (κ3) is 10.5. The lowest BCUT2D eigenvalue weighted by molar-refractivity contribution is 0.332. The standard InChI is InChI=1S/C63H82BN2OS/c1-17-20-25-42(6)43(19-3)26-23-36-64-59-57(48-39-51-52(40-55(48)68-59)63(15,16)35-34-62(51,13)14)66(53-29-22-30-54-56(53)47-27-21-28-49(58(47)67-54)60(7,8)9)45(24-18-2)33-37-65-44-31-32-46(41(4)5)50(38-44)61(10,11)12/h18-19,21,23-24,26-29,32-33,36-42,44,65H,2-3,17,20,22,25,30-31,34-35H2,1,4-16H3/b36-23+,37-33+,43-26+,45-24+. The van der Waals surface area contributed by atoms with E-state index in [2.05, 4.69) is 213 Å². The number of fused-ring (bicyclic) bond motifs is 5. The number of hydrogen-bond acceptors (Lipinski definition) is 4. The topological polar surface area (TPSA) is 28.4 Å². The molecule has 0 saturated carbocycles. The minimum Gasteiger partial charge on any atom is -0.460 e. The fourth-order valence-electron chi connectivity index (χ4n) is 10.8. The first-order valence-corrected chi connectivity index (χ1v) is 26.6. The molecule has 68 heavy (non-hydrogen) atoms. The Bertz CT molecular complexity index is 2750. The van der Waals surface area contributed by atoms with Gasteiger partial charge in [0.1, 0.15) is 11.3 Å². The Balaban J connectivity index is 1.46. The predicted octanol–water partition coefficient (Wildman–Crippen LogP) is 17.4. The highest BCUT2D eigenvalue weighted by Crippen LogP contribution is 2.51. The van der Waals surface area contributed by atoms with E-state index in [1.54, 1.807) is 0 Å². The molecule has 1 radical (unpaired) electrons. The minimum absolute atomic E-state index is 0.0432. The van der Waals surface area contributed by atoms with Crippen molar-refractivity contribution in [2.45, 2.75) is 171 Å². The van der Waals surface area contributed by atoms with E-state index in [4.69, 9.17) is 4.42 Å². The van der Waals surface area contributed by atoms with Crippen molar-refractivity contribution in [1.82, 2.24) is 5.32 Å². The summed E-state index contributed by atoms with van der Waals surface area (Å²) in [4.78, 5) is 2.55. The summed E-state index contributed by atoms with van der Waals surface area (Å²) in [6, 6.07) is 12.0. The maximum Gasteiger partial charge on any atom is 0.198 e. The Kier molecular flexibility index (Phi) is 15.3. The molecule has 0 spiro atoms. The van der Waals surface area contributed by atoms with Crippen molar-refractivity contribution in [2.24, 2.45) is 17.3 Å². The number of unbranched alkanes of at least 4 members (excludes halogenated alkanes) is 1. The Morgan fingerprint density at radius 1 is 0.956 bits per heavy atom. The van der Waals surface area contributed by atoms with Crippen LogP contribution in [-0.2, 0) is 22.7 Å². The van der Waals surface area contributed by atoms with E-state index in [9.17, 15) is 0 Å². The summed E-state index contributed by atoms with van der Waals surface area (Å²) >= 11 is 1.90. The lowest BCUT2D eigenvalue weighted by Gasteiger charge is -2.42. The number of rotatable bonds is 16. The van der Waals surface area contributed by atoms with Gasteiger partial charge in [0.2, 0.25) is 0 Å². The van der Waals surface area contributed by atoms with E-state index in [-0.39, 0.29) is 27.7 Å². The quantitative estimate of drug-likeness (QED) is 0.0896. The summed E-state index contributed by atoms with van der Waals surface area (Å²) in [6.07, 6.45) is 31.1. The van der Waals surface area contributed by atoms with Crippen molar-refractivity contribution in [3.8, 4) is 0 Å². The second kappa shape index (κ2) is 20.3. The normalized spacial score (nSPS) is 19.2. The molecule has 0 amide bonds. The summed E-state index contributed by atoms with van der Waals surface area (Å²) in [5.74, 6) is 4.25. The van der Waals surface area contributed by atoms with E-state index >= 15 is 0 Å². The summed E-state index contributed by atoms with van der Waals surface area (Å²) in [6.45, 7) is 41.4. The van der Waals surface area contributed by atoms with Gasteiger partial charge in [-0.3, -0.25) is 0 Å². The summed E-state index contributed by atoms with van der Waals surface area (Å²) in [5.41, 5.74) is 14.0. The van der Waals surface area contributed by atoms with Gasteiger partial charge < -0.3 is 14.6 Å². The Labute approximate surface area is 417 Å². The zero-order valence-corrected chi connectivity index (χ0v) is 45.2. The highest BCUT2D eigenvalue weighted by Gasteiger charge is 2.39. The fraction of sp³-hybridized carbons (Fsp3) is 0.460. The molecule has 2 atom stereocenters. The van der Waals surface area contributed by atoms with Crippen LogP contribution in [0.4, 0.5) is 5.69 Å². The second-order valence-corrected chi connectivity index (χ2v) is 24.6. The van der Waals surface area contributed by atoms with Crippen LogP contribution in [0, 0.1) is 17.3 Å². The first-order chi connectivity index (χ1) is 32.1. The molecule has 0 aliphatic heterocycles. The number of nitrogens with one attached hydrogen (secondary N) is 1. The fourth-order valence-corrected chi connectivity index (χ4v) is 12.0. The highest BCUT2D eigenvalue weighted by atomic mass is 32.1. The molecular weight excluding hydrogens is 844 g/mol. The first kappa shape index (κ1) is 51.1. The van der Waals surface area contributed by atoms with E-state index in [1.807, 2.05) is 23.5 Å². The average molecular weight is 926 g/mol. The molecule has 2 unspecified atom stereocenters. The molecule has 0 fully saturated rings. The molecular formula is C63H82BN2OS. The van der Waals surface area contributed by atoms with Crippen molar-refractivity contribution in [3.63, 3.8) is 0 Å². The lowest BCUT2D eigenvalue weighted by atomic mass is 9.63. The molecule has 2 aromatic heterocycles. The monoisotopic (exact) mass is 926 g/mol. The van der Waals surface area contributed by atoms with Gasteiger partial charge in [0.25, 0.3) is 0 Å². The number of furan rings is 1. The van der Waals surface area contributed by atoms with E-state index in [1.165, 1.54) is 90.6 Å². The van der Waals surface area contributed by atoms with Crippen LogP contribution in [0.5, 0.6) is 0 Å². The number of nitrogens with zero attached hydrogens (tertiary/aromatic N) is 1. The van der Waals surface area contributed by atoms with Gasteiger partial charge in [0.05, 0.1) is 11.4 Å². The molecule has 7 rings (SSSR count). The van der Waals surface area contributed by atoms with Crippen molar-refractivity contribution in [2.75, 3.05) is 4.90 Å². The van der Waals surface area contributed by atoms with Gasteiger partial charge in [0.15, 0.2) is 7.28 Å². The van der Waals surface area contributed by atoms with Crippen LogP contribution >= 0.6 is 11.3 Å². The van der Waals surface area contributed by atoms with E-state index in [0.717, 1.165) is 48.4 Å². The third-order valence-corrected chi connectivity index (χ3v) is 16.0. The third-order valence-electron chi connectivity index (χ3n) is 14.9. The number of thiophene rings is 1. The lowest BCUT2D eigenvalue weighted by Crippen LogP contribution is -2.33. The average Bonchev–Trinajstić information content (AvgIpc) is 3.84. The number of allylic oxidation sites excluding steroid dienone is 10. The van der Waals surface area contributed by atoms with Crippen molar-refractivity contribution < 1.29 is 4.42 Å². The molecule has 1 N–H and O–H groups in total. The molecule has 4 aromatic rings. The van der Waals surface area contributed by atoms with Gasteiger partial charge >= 0.3 is 0 Å². The van der Waals surface area contributed by atoms with Gasteiger partial charge in [-0.25, -0.2) is 0 Å². The molecule has 3 aliphatic rings. The molecule has 359 valence electrons. The smallest absolute Gasteiger partial charge is 0.198 e. The summed E-state index contributed by atoms with van der Waals surface area (Å²) in [7, 11) is 2.35. The molecule has 5 heteroatoms. The van der Waals surface area contributed by atoms with Crippen molar-refractivity contribution in [1.29, 1.82) is 0 Å². The van der Waals surface area contributed by atoms with Gasteiger partial charge in [0, 0.05) is 44.8 Å². The van der Waals surface area contributed by atoms with E-state index < -0.39 is 0 Å². The van der Waals surface area contributed by atoms with E-state index in [0.29, 0.717) is 11.8 Å². The van der Waals surface area contributed by atoms with Crippen LogP contribution in [0.2, 0.25) is 0 Å². The zero-order chi connectivity index (χ0) is 49.3. The maximum atomic E-state index is 7.03. The van der Waals surface area contributed by atoms with Gasteiger partial charge in [-0.15, -0.1) is 17.3 Å². The molecule has 3 aliphatic carbocycles. The second-order valence-electron chi connectivity index (χ2n) is 23.6. The van der Waals surface area contributed by atoms with Crippen LogP contribution in [-0.4, -0.2) is 13.3 Å². The number of aryl methyl sites for hydroxylation is 1. The van der Waals surface area contributed by atoms with Gasteiger partial charge in [-0.05, 0) is 129 Å². The van der Waals surface area contributed by atoms with Gasteiger partial charge in [-0.1, -0.05) is 184 Å². The molecule has 2 heterocycles. The molecule has 0 bridgehead atoms. The minimum atomic E-state index is -0.0806.